The molecule has 0 aliphatic rings. The van der Waals surface area contributed by atoms with Crippen LogP contribution in [0.2, 0.25) is 0 Å². The molecule has 0 heterocycles. The smallest absolute Gasteiger partial charge is 0 e. The summed E-state index contributed by atoms with van der Waals surface area (Å²) in [4.78, 5) is 0. The fourth-order valence-corrected chi connectivity index (χ4v) is 3.00. The van der Waals surface area contributed by atoms with Crippen LogP contribution in [0.1, 0.15) is 0 Å². The van der Waals surface area contributed by atoms with Crippen molar-refractivity contribution in [1.29, 1.82) is 0 Å². The van der Waals surface area contributed by atoms with Gasteiger partial charge in [0.25, 0.3) is 0 Å². The molecule has 0 bridgehead atoms. The minimum atomic E-state index is 0. The molecule has 9 heteroatoms. The first-order valence-corrected chi connectivity index (χ1v) is 10.3. The van der Waals surface area contributed by atoms with Crippen LogP contribution in [0, 0.1) is 0 Å². The van der Waals surface area contributed by atoms with E-state index in [2.05, 4.69) is 0 Å². The van der Waals surface area contributed by atoms with Gasteiger partial charge < -0.3 is 50.5 Å². The zero-order chi connectivity index (χ0) is 13.1. The minimum Gasteiger partial charge on any atom is -0.774 e. The average Bonchev–Trinajstić information content (AvgIpc) is 2.35. The van der Waals surface area contributed by atoms with Gasteiger partial charge in [-0.05, 0) is 25.0 Å². The molecule has 0 aromatic carbocycles. The Morgan fingerprint density at radius 1 is 0.529 bits per heavy atom. The Balaban J connectivity index is -0.000000218. The van der Waals surface area contributed by atoms with Gasteiger partial charge in [0.2, 0.25) is 0 Å². The predicted molar refractivity (Wildman–Crippen MR) is 97.6 cm³/mol. The molecule has 0 amide bonds. The Morgan fingerprint density at radius 2 is 0.647 bits per heavy atom. The molecule has 0 aliphatic carbocycles. The van der Waals surface area contributed by atoms with Crippen molar-refractivity contribution < 1.29 is 16.5 Å². The fourth-order valence-electron chi connectivity index (χ4n) is 0.333. The summed E-state index contributed by atoms with van der Waals surface area (Å²) < 4.78 is 3.31. The van der Waals surface area contributed by atoms with Crippen LogP contribution >= 0.6 is 47.0 Å². The molecular weight excluding hydrogens is 411 g/mol. The molecule has 0 saturated carbocycles. The average molecular weight is 423 g/mol. The van der Waals surface area contributed by atoms with Crippen molar-refractivity contribution in [2.75, 3.05) is 25.0 Å². The maximum absolute atomic E-state index is 4.88. The maximum atomic E-state index is 4.88. The first-order valence-electron chi connectivity index (χ1n) is 3.77. The third-order valence-electron chi connectivity index (χ3n) is 1.07. The summed E-state index contributed by atoms with van der Waals surface area (Å²) >= 11 is 25.6. The standard InChI is InChI=1S/2C4H8S4.Ni/c2*1-7-3(5)4(6)8-2;/h2*5-6H,1-2H3;/p-4/b2*4-3-;. The van der Waals surface area contributed by atoms with Gasteiger partial charge in [-0.25, -0.2) is 0 Å². The molecule has 0 nitrogen and oxygen atoms in total. The molecule has 0 aliphatic heterocycles. The third-order valence-corrected chi connectivity index (χ3v) is 7.22. The second kappa shape index (κ2) is 16.3. The SMILES string of the molecule is CS/C([S-])=C(/[S-])SC.CS/C([S-])=C(/[S-])SC.[Ni]. The van der Waals surface area contributed by atoms with Crippen molar-refractivity contribution in [2.24, 2.45) is 0 Å². The number of thioether (sulfide) groups is 4. The molecule has 0 rings (SSSR count). The van der Waals surface area contributed by atoms with Crippen LogP contribution in [0.5, 0.6) is 0 Å². The van der Waals surface area contributed by atoms with E-state index in [-0.39, 0.29) is 16.5 Å². The molecule has 106 valence electrons. The summed E-state index contributed by atoms with van der Waals surface area (Å²) in [6.07, 6.45) is 7.74. The van der Waals surface area contributed by atoms with Crippen LogP contribution < -0.4 is 0 Å². The van der Waals surface area contributed by atoms with E-state index in [0.717, 1.165) is 16.9 Å². The molecular formula is C8H12NiS8-4. The van der Waals surface area contributed by atoms with Crippen molar-refractivity contribution in [2.45, 2.75) is 0 Å². The zero-order valence-electron chi connectivity index (χ0n) is 9.58. The molecule has 0 fully saturated rings. The van der Waals surface area contributed by atoms with E-state index in [0.29, 0.717) is 0 Å². The minimum absolute atomic E-state index is 0. The van der Waals surface area contributed by atoms with Gasteiger partial charge >= 0.3 is 0 Å². The van der Waals surface area contributed by atoms with E-state index in [1.165, 1.54) is 47.0 Å². The molecule has 0 spiro atoms. The Kier molecular flexibility index (Phi) is 23.3. The van der Waals surface area contributed by atoms with E-state index in [9.17, 15) is 0 Å². The van der Waals surface area contributed by atoms with Gasteiger partial charge in [0, 0.05) is 16.5 Å². The van der Waals surface area contributed by atoms with Gasteiger partial charge in [-0.3, -0.25) is 0 Å². The van der Waals surface area contributed by atoms with Crippen LogP contribution in [0.4, 0.5) is 0 Å². The molecule has 0 saturated heterocycles. The summed E-state index contributed by atoms with van der Waals surface area (Å²) in [6, 6.07) is 0. The Bertz CT molecular complexity index is 200. The predicted octanol–water partition coefficient (Wildman–Crippen LogP) is 3.86. The van der Waals surface area contributed by atoms with E-state index < -0.39 is 0 Å². The van der Waals surface area contributed by atoms with Gasteiger partial charge in [0.05, 0.1) is 0 Å². The van der Waals surface area contributed by atoms with Gasteiger partial charge in [0.1, 0.15) is 0 Å². The van der Waals surface area contributed by atoms with Crippen LogP contribution in [0.15, 0.2) is 16.9 Å². The number of hydrogen-bond donors (Lipinski definition) is 0. The van der Waals surface area contributed by atoms with E-state index in [1.54, 1.807) is 0 Å². The van der Waals surface area contributed by atoms with E-state index >= 15 is 0 Å². The van der Waals surface area contributed by atoms with Crippen LogP contribution in [0.3, 0.4) is 0 Å². The molecule has 0 atom stereocenters. The summed E-state index contributed by atoms with van der Waals surface area (Å²) in [6.45, 7) is 0. The van der Waals surface area contributed by atoms with E-state index in [4.69, 9.17) is 50.5 Å². The molecule has 0 N–H and O–H groups in total. The number of rotatable bonds is 4. The van der Waals surface area contributed by atoms with Gasteiger partial charge in [-0.15, -0.1) is 0 Å². The Labute approximate surface area is 154 Å². The zero-order valence-corrected chi connectivity index (χ0v) is 17.1. The molecule has 0 radical (unpaired) electrons. The van der Waals surface area contributed by atoms with Gasteiger partial charge in [0.15, 0.2) is 0 Å². The van der Waals surface area contributed by atoms with Crippen molar-refractivity contribution in [3.05, 3.63) is 16.9 Å². The quantitative estimate of drug-likeness (QED) is 0.488. The summed E-state index contributed by atoms with van der Waals surface area (Å²) in [7, 11) is 0. The van der Waals surface area contributed by atoms with Crippen LogP contribution in [-0.4, -0.2) is 25.0 Å². The summed E-state index contributed by atoms with van der Waals surface area (Å²) in [5, 5.41) is 0. The van der Waals surface area contributed by atoms with E-state index in [1.807, 2.05) is 25.0 Å². The van der Waals surface area contributed by atoms with Gasteiger partial charge in [-0.1, -0.05) is 0 Å². The normalized spacial score (nSPS) is 12.5. The second-order valence-electron chi connectivity index (χ2n) is 1.97. The van der Waals surface area contributed by atoms with Crippen molar-refractivity contribution in [3.8, 4) is 0 Å². The van der Waals surface area contributed by atoms with Crippen molar-refractivity contribution in [3.63, 3.8) is 0 Å². The van der Waals surface area contributed by atoms with Crippen molar-refractivity contribution >= 4 is 97.6 Å². The first-order chi connectivity index (χ1) is 7.44. The maximum Gasteiger partial charge on any atom is 0 e. The third kappa shape index (κ3) is 14.5. The van der Waals surface area contributed by atoms with Crippen molar-refractivity contribution in [1.82, 2.24) is 0 Å². The topological polar surface area (TPSA) is 0 Å². The molecule has 0 aromatic heterocycles. The summed E-state index contributed by atoms with van der Waals surface area (Å²) in [5.74, 6) is 0. The fraction of sp³-hybridized carbons (Fsp3) is 0.500. The monoisotopic (exact) mass is 422 g/mol. The molecule has 0 aromatic rings. The summed E-state index contributed by atoms with van der Waals surface area (Å²) in [5.41, 5.74) is 0. The molecule has 17 heavy (non-hydrogen) atoms. The number of hydrogen-bond acceptors (Lipinski definition) is 8. The Hall–Kier alpha value is 2.25. The van der Waals surface area contributed by atoms with Crippen LogP contribution in [0.25, 0.3) is 0 Å². The largest absolute Gasteiger partial charge is 0.774 e. The van der Waals surface area contributed by atoms with Gasteiger partial charge in [-0.2, -0.15) is 64.0 Å². The second-order valence-corrected chi connectivity index (χ2v) is 7.90. The Morgan fingerprint density at radius 3 is 0.706 bits per heavy atom. The van der Waals surface area contributed by atoms with Crippen LogP contribution in [-0.2, 0) is 67.0 Å². The molecule has 0 unspecified atom stereocenters. The first kappa shape index (κ1) is 24.3.